The van der Waals surface area contributed by atoms with Crippen molar-refractivity contribution in [3.63, 3.8) is 0 Å². The number of unbranched alkanes of at least 4 members (excludes halogenated alkanes) is 4. The molecule has 1 aliphatic carbocycles. The predicted octanol–water partition coefficient (Wildman–Crippen LogP) is 7.37. The van der Waals surface area contributed by atoms with Crippen LogP contribution in [0, 0.1) is 17.2 Å². The normalized spacial score (nSPS) is 21.9. The van der Waals surface area contributed by atoms with E-state index in [-0.39, 0.29) is 11.2 Å². The lowest BCUT2D eigenvalue weighted by Gasteiger charge is -2.35. The van der Waals surface area contributed by atoms with E-state index in [4.69, 9.17) is 0 Å². The van der Waals surface area contributed by atoms with Crippen molar-refractivity contribution in [1.82, 2.24) is 0 Å². The number of benzene rings is 2. The predicted molar refractivity (Wildman–Crippen MR) is 116 cm³/mol. The average molecular weight is 376 g/mol. The van der Waals surface area contributed by atoms with Gasteiger partial charge in [-0.15, -0.1) is 0 Å². The first-order chi connectivity index (χ1) is 13.7. The summed E-state index contributed by atoms with van der Waals surface area (Å²) in [4.78, 5) is 0. The van der Waals surface area contributed by atoms with Gasteiger partial charge in [0.25, 0.3) is 0 Å². The highest BCUT2D eigenvalue weighted by Gasteiger charge is 2.36. The fourth-order valence-electron chi connectivity index (χ4n) is 4.60. The number of nitriles is 1. The van der Waals surface area contributed by atoms with Gasteiger partial charge in [0.05, 0.1) is 11.5 Å². The van der Waals surface area contributed by atoms with E-state index in [1.807, 2.05) is 12.1 Å². The lowest BCUT2D eigenvalue weighted by atomic mass is 9.66. The summed E-state index contributed by atoms with van der Waals surface area (Å²) >= 11 is 0. The Balaban J connectivity index is 1.59. The van der Waals surface area contributed by atoms with Crippen molar-refractivity contribution in [1.29, 1.82) is 5.26 Å². The van der Waals surface area contributed by atoms with Gasteiger partial charge in [0, 0.05) is 0 Å². The smallest absolute Gasteiger partial charge is 0.115 e. The Labute approximate surface area is 170 Å². The molecule has 0 atom stereocenters. The van der Waals surface area contributed by atoms with E-state index >= 15 is 0 Å². The summed E-state index contributed by atoms with van der Waals surface area (Å²) in [6.45, 7) is 2.26. The molecule has 3 rings (SSSR count). The van der Waals surface area contributed by atoms with Crippen LogP contribution in [0.5, 0.6) is 5.75 Å². The molecule has 0 aromatic heterocycles. The fourth-order valence-corrected chi connectivity index (χ4v) is 4.60. The van der Waals surface area contributed by atoms with Gasteiger partial charge in [-0.2, -0.15) is 5.26 Å². The Morgan fingerprint density at radius 2 is 1.46 bits per heavy atom. The molecule has 2 heteroatoms. The van der Waals surface area contributed by atoms with Crippen LogP contribution in [-0.4, -0.2) is 5.11 Å². The quantitative estimate of drug-likeness (QED) is 0.489. The maximum Gasteiger partial charge on any atom is 0.115 e. The van der Waals surface area contributed by atoms with Crippen molar-refractivity contribution in [2.75, 3.05) is 0 Å². The molecule has 0 radical (unpaired) electrons. The van der Waals surface area contributed by atoms with Crippen molar-refractivity contribution in [2.45, 2.75) is 76.5 Å². The summed E-state index contributed by atoms with van der Waals surface area (Å²) in [5.41, 5.74) is 3.06. The third kappa shape index (κ3) is 4.96. The highest BCUT2D eigenvalue weighted by molar-refractivity contribution is 5.64. The number of phenolic OH excluding ortho intramolecular Hbond substituents is 1. The number of nitrogens with zero attached hydrogens (tertiary/aromatic N) is 1. The minimum atomic E-state index is -0.313. The van der Waals surface area contributed by atoms with E-state index in [1.165, 1.54) is 56.9 Å². The Hall–Kier alpha value is -2.27. The van der Waals surface area contributed by atoms with Gasteiger partial charge >= 0.3 is 0 Å². The topological polar surface area (TPSA) is 44.0 Å². The molecule has 0 saturated heterocycles. The van der Waals surface area contributed by atoms with Gasteiger partial charge in [-0.1, -0.05) is 81.8 Å². The number of phenols is 1. The molecule has 0 aliphatic heterocycles. The molecular weight excluding hydrogens is 342 g/mol. The SMILES string of the molecule is CCCCCCCC1CCC(C#N)(c2ccc(-c3ccc(O)cc3)cc2)CC1. The fraction of sp³-hybridized carbons (Fsp3) is 0.500. The van der Waals surface area contributed by atoms with Gasteiger partial charge in [0.1, 0.15) is 5.75 Å². The Kier molecular flexibility index (Phi) is 7.15. The second-order valence-corrected chi connectivity index (χ2v) is 8.46. The van der Waals surface area contributed by atoms with Crippen molar-refractivity contribution in [3.8, 4) is 22.9 Å². The first kappa shape index (κ1) is 20.5. The van der Waals surface area contributed by atoms with Gasteiger partial charge in [-0.3, -0.25) is 0 Å². The van der Waals surface area contributed by atoms with Crippen LogP contribution in [0.1, 0.15) is 76.7 Å². The number of rotatable bonds is 8. The van der Waals surface area contributed by atoms with Crippen molar-refractivity contribution in [2.24, 2.45) is 5.92 Å². The van der Waals surface area contributed by atoms with E-state index in [0.717, 1.165) is 29.9 Å². The summed E-state index contributed by atoms with van der Waals surface area (Å²) in [6.07, 6.45) is 12.4. The van der Waals surface area contributed by atoms with Crippen LogP contribution in [0.3, 0.4) is 0 Å². The van der Waals surface area contributed by atoms with Crippen molar-refractivity contribution in [3.05, 3.63) is 54.1 Å². The molecule has 0 spiro atoms. The second-order valence-electron chi connectivity index (χ2n) is 8.46. The first-order valence-corrected chi connectivity index (χ1v) is 11.0. The molecule has 0 amide bonds. The average Bonchev–Trinajstić information content (AvgIpc) is 2.75. The summed E-state index contributed by atoms with van der Waals surface area (Å²) in [7, 11) is 0. The zero-order chi connectivity index (χ0) is 19.8. The van der Waals surface area contributed by atoms with Gasteiger partial charge in [0.2, 0.25) is 0 Å². The van der Waals surface area contributed by atoms with E-state index in [2.05, 4.69) is 37.3 Å². The third-order valence-electron chi connectivity index (χ3n) is 6.53. The number of hydrogen-bond donors (Lipinski definition) is 1. The van der Waals surface area contributed by atoms with Crippen LogP contribution in [0.2, 0.25) is 0 Å². The molecule has 1 saturated carbocycles. The molecule has 2 aromatic carbocycles. The van der Waals surface area contributed by atoms with Crippen molar-refractivity contribution < 1.29 is 5.11 Å². The van der Waals surface area contributed by atoms with Crippen LogP contribution in [0.25, 0.3) is 11.1 Å². The molecule has 1 fully saturated rings. The standard InChI is InChI=1S/C26H33NO/c1-2-3-4-5-6-7-21-16-18-26(20-27,19-17-21)24-12-8-22(9-13-24)23-10-14-25(28)15-11-23/h8-15,21,28H,2-7,16-19H2,1H3. The van der Waals surface area contributed by atoms with Crippen LogP contribution < -0.4 is 0 Å². The molecule has 28 heavy (non-hydrogen) atoms. The highest BCUT2D eigenvalue weighted by Crippen LogP contribution is 2.43. The molecule has 2 aromatic rings. The minimum absolute atomic E-state index is 0.283. The molecule has 0 heterocycles. The third-order valence-corrected chi connectivity index (χ3v) is 6.53. The number of hydrogen-bond acceptors (Lipinski definition) is 2. The molecule has 2 nitrogen and oxygen atoms in total. The zero-order valence-corrected chi connectivity index (χ0v) is 17.2. The molecule has 148 valence electrons. The number of aromatic hydroxyl groups is 1. The zero-order valence-electron chi connectivity index (χ0n) is 17.2. The van der Waals surface area contributed by atoms with Crippen LogP contribution in [-0.2, 0) is 5.41 Å². The second kappa shape index (κ2) is 9.78. The summed E-state index contributed by atoms with van der Waals surface area (Å²) in [5, 5.41) is 19.5. The molecule has 1 aliphatic rings. The Morgan fingerprint density at radius 1 is 0.893 bits per heavy atom. The molecule has 0 unspecified atom stereocenters. The maximum atomic E-state index is 9.99. The van der Waals surface area contributed by atoms with Gasteiger partial charge in [-0.25, -0.2) is 0 Å². The van der Waals surface area contributed by atoms with Crippen molar-refractivity contribution >= 4 is 0 Å². The first-order valence-electron chi connectivity index (χ1n) is 11.0. The van der Waals surface area contributed by atoms with Gasteiger partial charge < -0.3 is 5.11 Å². The minimum Gasteiger partial charge on any atom is -0.508 e. The van der Waals surface area contributed by atoms with Gasteiger partial charge in [0.15, 0.2) is 0 Å². The van der Waals surface area contributed by atoms with E-state index < -0.39 is 0 Å². The largest absolute Gasteiger partial charge is 0.508 e. The molecular formula is C26H33NO. The monoisotopic (exact) mass is 375 g/mol. The lowest BCUT2D eigenvalue weighted by Crippen LogP contribution is -2.30. The molecule has 0 bridgehead atoms. The highest BCUT2D eigenvalue weighted by atomic mass is 16.3. The van der Waals surface area contributed by atoms with E-state index in [9.17, 15) is 10.4 Å². The Morgan fingerprint density at radius 3 is 2.04 bits per heavy atom. The maximum absolute atomic E-state index is 9.99. The summed E-state index contributed by atoms with van der Waals surface area (Å²) in [5.74, 6) is 1.09. The lowest BCUT2D eigenvalue weighted by molar-refractivity contribution is 0.261. The Bertz CT molecular complexity index is 762. The summed E-state index contributed by atoms with van der Waals surface area (Å²) in [6, 6.07) is 18.4. The molecule has 1 N–H and O–H groups in total. The van der Waals surface area contributed by atoms with E-state index in [0.29, 0.717) is 0 Å². The van der Waals surface area contributed by atoms with Crippen LogP contribution in [0.15, 0.2) is 48.5 Å². The summed E-state index contributed by atoms with van der Waals surface area (Å²) < 4.78 is 0. The van der Waals surface area contributed by atoms with Crippen LogP contribution >= 0.6 is 0 Å². The van der Waals surface area contributed by atoms with E-state index in [1.54, 1.807) is 12.1 Å². The van der Waals surface area contributed by atoms with Crippen LogP contribution in [0.4, 0.5) is 0 Å². The van der Waals surface area contributed by atoms with Gasteiger partial charge in [-0.05, 0) is 60.4 Å².